The Bertz CT molecular complexity index is 1060. The Morgan fingerprint density at radius 1 is 1.09 bits per heavy atom. The smallest absolute Gasteiger partial charge is 0.225 e. The van der Waals surface area contributed by atoms with E-state index in [1.54, 1.807) is 7.11 Å². The molecule has 33 heavy (non-hydrogen) atoms. The number of aromatic nitrogens is 3. The summed E-state index contributed by atoms with van der Waals surface area (Å²) >= 11 is 0. The summed E-state index contributed by atoms with van der Waals surface area (Å²) in [5.41, 5.74) is 4.46. The highest BCUT2D eigenvalue weighted by atomic mass is 16.5. The summed E-state index contributed by atoms with van der Waals surface area (Å²) in [5, 5.41) is 0. The Balaban J connectivity index is 1.70. The molecule has 1 unspecified atom stereocenters. The fraction of sp³-hybridized carbons (Fsp3) is 0.423. The molecule has 0 bridgehead atoms. The fourth-order valence-electron chi connectivity index (χ4n) is 4.42. The van der Waals surface area contributed by atoms with E-state index in [1.807, 2.05) is 62.7 Å². The lowest BCUT2D eigenvalue weighted by Crippen LogP contribution is -2.34. The molecule has 0 saturated carbocycles. The van der Waals surface area contributed by atoms with Crippen LogP contribution in [0, 0.1) is 0 Å². The van der Waals surface area contributed by atoms with Crippen molar-refractivity contribution in [3.63, 3.8) is 0 Å². The van der Waals surface area contributed by atoms with Gasteiger partial charge in [-0.1, -0.05) is 12.5 Å². The van der Waals surface area contributed by atoms with Crippen molar-refractivity contribution in [3.05, 3.63) is 60.2 Å². The summed E-state index contributed by atoms with van der Waals surface area (Å²) in [6.07, 6.45) is 9.04. The van der Waals surface area contributed by atoms with Crippen LogP contribution in [0.1, 0.15) is 43.5 Å². The molecular weight excluding hydrogens is 414 g/mol. The molecule has 1 aliphatic heterocycles. The Kier molecular flexibility index (Phi) is 7.40. The van der Waals surface area contributed by atoms with Gasteiger partial charge in [0.2, 0.25) is 5.95 Å². The first-order valence-electron chi connectivity index (χ1n) is 11.6. The van der Waals surface area contributed by atoms with Gasteiger partial charge in [0.05, 0.1) is 25.5 Å². The van der Waals surface area contributed by atoms with Gasteiger partial charge in [-0.3, -0.25) is 9.88 Å². The van der Waals surface area contributed by atoms with E-state index in [9.17, 15) is 0 Å². The zero-order valence-electron chi connectivity index (χ0n) is 20.0. The van der Waals surface area contributed by atoms with Crippen LogP contribution in [-0.4, -0.2) is 54.2 Å². The molecule has 0 radical (unpaired) electrons. The minimum atomic E-state index is 0.210. The number of hydrogen-bond acceptors (Lipinski definition) is 7. The summed E-state index contributed by atoms with van der Waals surface area (Å²) < 4.78 is 11.3. The molecule has 1 atom stereocenters. The first-order valence-corrected chi connectivity index (χ1v) is 11.6. The normalized spacial score (nSPS) is 16.4. The number of nitrogens with zero attached hydrogens (tertiary/aromatic N) is 5. The van der Waals surface area contributed by atoms with Crippen LogP contribution in [-0.2, 0) is 6.54 Å². The second-order valence-corrected chi connectivity index (χ2v) is 8.50. The molecule has 0 N–H and O–H groups in total. The number of hydrogen-bond donors (Lipinski definition) is 0. The zero-order chi connectivity index (χ0) is 23.2. The maximum Gasteiger partial charge on any atom is 0.225 e. The van der Waals surface area contributed by atoms with Crippen molar-refractivity contribution < 1.29 is 9.47 Å². The minimum Gasteiger partial charge on any atom is -0.493 e. The maximum atomic E-state index is 5.81. The summed E-state index contributed by atoms with van der Waals surface area (Å²) in [6.45, 7) is 4.45. The molecule has 7 nitrogen and oxygen atoms in total. The fourth-order valence-corrected chi connectivity index (χ4v) is 4.42. The number of pyridine rings is 1. The molecule has 174 valence electrons. The van der Waals surface area contributed by atoms with Gasteiger partial charge in [-0.15, -0.1) is 0 Å². The molecule has 0 aliphatic carbocycles. The average molecular weight is 448 g/mol. The van der Waals surface area contributed by atoms with E-state index in [0.29, 0.717) is 6.61 Å². The van der Waals surface area contributed by atoms with Crippen LogP contribution < -0.4 is 14.4 Å². The molecule has 0 amide bonds. The second-order valence-electron chi connectivity index (χ2n) is 8.50. The number of anilines is 1. The molecule has 3 aromatic rings. The molecule has 2 aromatic heterocycles. The predicted octanol–water partition coefficient (Wildman–Crippen LogP) is 4.74. The number of rotatable bonds is 8. The number of methoxy groups -OCH3 is 1. The van der Waals surface area contributed by atoms with Crippen molar-refractivity contribution in [1.29, 1.82) is 0 Å². The molecule has 1 saturated heterocycles. The van der Waals surface area contributed by atoms with E-state index in [2.05, 4.69) is 27.0 Å². The van der Waals surface area contributed by atoms with Crippen molar-refractivity contribution in [2.24, 2.45) is 0 Å². The predicted molar refractivity (Wildman–Crippen MR) is 131 cm³/mol. The van der Waals surface area contributed by atoms with Gasteiger partial charge in [-0.05, 0) is 61.7 Å². The van der Waals surface area contributed by atoms with Crippen molar-refractivity contribution in [3.8, 4) is 22.6 Å². The Morgan fingerprint density at radius 2 is 1.91 bits per heavy atom. The van der Waals surface area contributed by atoms with Crippen LogP contribution in [0.15, 0.2) is 48.9 Å². The second kappa shape index (κ2) is 10.6. The van der Waals surface area contributed by atoms with Crippen molar-refractivity contribution in [2.45, 2.75) is 38.8 Å². The van der Waals surface area contributed by atoms with Crippen LogP contribution >= 0.6 is 0 Å². The lowest BCUT2D eigenvalue weighted by atomic mass is 9.93. The van der Waals surface area contributed by atoms with Gasteiger partial charge < -0.3 is 14.4 Å². The number of benzene rings is 1. The summed E-state index contributed by atoms with van der Waals surface area (Å²) in [7, 11) is 5.64. The van der Waals surface area contributed by atoms with Crippen LogP contribution in [0.5, 0.6) is 11.5 Å². The van der Waals surface area contributed by atoms with E-state index < -0.39 is 0 Å². The highest BCUT2D eigenvalue weighted by molar-refractivity contribution is 5.66. The largest absolute Gasteiger partial charge is 0.493 e. The molecule has 1 fully saturated rings. The third kappa shape index (κ3) is 5.25. The van der Waals surface area contributed by atoms with Crippen LogP contribution in [0.2, 0.25) is 0 Å². The van der Waals surface area contributed by atoms with Gasteiger partial charge in [-0.2, -0.15) is 0 Å². The van der Waals surface area contributed by atoms with Crippen LogP contribution in [0.3, 0.4) is 0 Å². The maximum absolute atomic E-state index is 5.81. The van der Waals surface area contributed by atoms with Crippen molar-refractivity contribution in [2.75, 3.05) is 39.3 Å². The molecule has 7 heteroatoms. The highest BCUT2D eigenvalue weighted by Crippen LogP contribution is 2.38. The first kappa shape index (κ1) is 23.0. The Morgan fingerprint density at radius 3 is 2.64 bits per heavy atom. The molecular formula is C26H33N5O2. The van der Waals surface area contributed by atoms with Crippen molar-refractivity contribution >= 4 is 5.95 Å². The monoisotopic (exact) mass is 447 g/mol. The highest BCUT2D eigenvalue weighted by Gasteiger charge is 2.29. The van der Waals surface area contributed by atoms with Crippen molar-refractivity contribution in [1.82, 2.24) is 19.9 Å². The molecule has 0 spiro atoms. The molecule has 4 rings (SSSR count). The van der Waals surface area contributed by atoms with E-state index in [0.717, 1.165) is 53.8 Å². The summed E-state index contributed by atoms with van der Waals surface area (Å²) in [4.78, 5) is 18.3. The van der Waals surface area contributed by atoms with Gasteiger partial charge in [0.25, 0.3) is 0 Å². The quantitative estimate of drug-likeness (QED) is 0.494. The zero-order valence-corrected chi connectivity index (χ0v) is 20.0. The van der Waals surface area contributed by atoms with E-state index in [1.165, 1.54) is 18.4 Å². The third-order valence-corrected chi connectivity index (χ3v) is 6.04. The lowest BCUT2D eigenvalue weighted by Gasteiger charge is -2.36. The van der Waals surface area contributed by atoms with Gasteiger partial charge in [0.15, 0.2) is 11.5 Å². The molecule has 1 aromatic carbocycles. The third-order valence-electron chi connectivity index (χ3n) is 6.04. The molecule has 1 aliphatic rings. The Labute approximate surface area is 196 Å². The summed E-state index contributed by atoms with van der Waals surface area (Å²) in [5.74, 6) is 2.29. The standard InChI is InChI=1S/C26H33N5O2/c1-5-33-24-16-19(9-10-23(24)32-4)18-31-15-7-6-8-22(31)25-21(20-11-13-27-14-12-20)17-28-26(29-25)30(2)3/h9-14,16-17,22H,5-8,15,18H2,1-4H3. The SMILES string of the molecule is CCOc1cc(CN2CCCCC2c2nc(N(C)C)ncc2-c2ccncc2)ccc1OC. The van der Waals surface area contributed by atoms with Gasteiger partial charge in [-0.25, -0.2) is 9.97 Å². The van der Waals surface area contributed by atoms with E-state index in [4.69, 9.17) is 14.5 Å². The number of ether oxygens (including phenoxy) is 2. The number of likely N-dealkylation sites (tertiary alicyclic amines) is 1. The van der Waals surface area contributed by atoms with Gasteiger partial charge >= 0.3 is 0 Å². The topological polar surface area (TPSA) is 63.6 Å². The van der Waals surface area contributed by atoms with E-state index in [-0.39, 0.29) is 6.04 Å². The van der Waals surface area contributed by atoms with Gasteiger partial charge in [0, 0.05) is 44.8 Å². The summed E-state index contributed by atoms with van der Waals surface area (Å²) in [6, 6.07) is 10.5. The van der Waals surface area contributed by atoms with Crippen LogP contribution in [0.4, 0.5) is 5.95 Å². The number of piperidine rings is 1. The van der Waals surface area contributed by atoms with Crippen LogP contribution in [0.25, 0.3) is 11.1 Å². The molecule has 3 heterocycles. The van der Waals surface area contributed by atoms with E-state index >= 15 is 0 Å². The Hall–Kier alpha value is -3.19. The minimum absolute atomic E-state index is 0.210. The first-order chi connectivity index (χ1) is 16.1. The lowest BCUT2D eigenvalue weighted by molar-refractivity contribution is 0.137. The van der Waals surface area contributed by atoms with Gasteiger partial charge in [0.1, 0.15) is 0 Å². The average Bonchev–Trinajstić information content (AvgIpc) is 2.85.